The highest BCUT2D eigenvalue weighted by atomic mass is 16.5. The number of carbonyl (C=O) groups excluding carboxylic acids is 1. The van der Waals surface area contributed by atoms with Gasteiger partial charge in [-0.3, -0.25) is 4.79 Å². The van der Waals surface area contributed by atoms with Crippen molar-refractivity contribution < 1.29 is 24.2 Å². The molecule has 1 aliphatic rings. The zero-order chi connectivity index (χ0) is 15.2. The van der Waals surface area contributed by atoms with Crippen molar-refractivity contribution in [3.05, 3.63) is 29.3 Å². The molecule has 0 aliphatic carbocycles. The Labute approximate surface area is 123 Å². The smallest absolute Gasteiger partial charge is 0.336 e. The van der Waals surface area contributed by atoms with Gasteiger partial charge in [-0.15, -0.1) is 0 Å². The van der Waals surface area contributed by atoms with E-state index in [-0.39, 0.29) is 24.2 Å². The minimum absolute atomic E-state index is 0.0889. The first kappa shape index (κ1) is 15.3. The number of carbonyl (C=O) groups is 2. The number of hydrogen-bond donors (Lipinski definition) is 2. The largest absolute Gasteiger partial charge is 0.483 e. The highest BCUT2D eigenvalue weighted by Gasteiger charge is 2.16. The molecule has 0 radical (unpaired) electrons. The van der Waals surface area contributed by atoms with E-state index in [1.165, 1.54) is 6.07 Å². The summed E-state index contributed by atoms with van der Waals surface area (Å²) in [5.74, 6) is -0.853. The quantitative estimate of drug-likeness (QED) is 0.827. The van der Waals surface area contributed by atoms with Crippen LogP contribution < -0.4 is 10.1 Å². The van der Waals surface area contributed by atoms with Crippen LogP contribution in [0, 0.1) is 6.92 Å². The first-order valence-corrected chi connectivity index (χ1v) is 6.92. The van der Waals surface area contributed by atoms with Crippen LogP contribution in [-0.4, -0.2) is 42.8 Å². The van der Waals surface area contributed by atoms with Gasteiger partial charge in [0, 0.05) is 18.7 Å². The lowest BCUT2D eigenvalue weighted by Crippen LogP contribution is -2.35. The Bertz CT molecular complexity index is 523. The molecule has 21 heavy (non-hydrogen) atoms. The zero-order valence-electron chi connectivity index (χ0n) is 11.9. The highest BCUT2D eigenvalue weighted by molar-refractivity contribution is 5.90. The lowest BCUT2D eigenvalue weighted by molar-refractivity contribution is -0.123. The van der Waals surface area contributed by atoms with E-state index in [2.05, 4.69) is 5.32 Å². The van der Waals surface area contributed by atoms with Crippen LogP contribution in [0.3, 0.4) is 0 Å². The van der Waals surface area contributed by atoms with Crippen molar-refractivity contribution in [2.45, 2.75) is 25.9 Å². The molecular weight excluding hydrogens is 274 g/mol. The highest BCUT2D eigenvalue weighted by Crippen LogP contribution is 2.21. The summed E-state index contributed by atoms with van der Waals surface area (Å²) in [7, 11) is 0. The van der Waals surface area contributed by atoms with Gasteiger partial charge >= 0.3 is 5.97 Å². The van der Waals surface area contributed by atoms with E-state index in [0.29, 0.717) is 17.9 Å². The van der Waals surface area contributed by atoms with Gasteiger partial charge in [-0.25, -0.2) is 4.79 Å². The minimum Gasteiger partial charge on any atom is -0.483 e. The first-order chi connectivity index (χ1) is 10.1. The van der Waals surface area contributed by atoms with Gasteiger partial charge in [0.1, 0.15) is 5.75 Å². The average molecular weight is 293 g/mol. The molecule has 6 heteroatoms. The maximum absolute atomic E-state index is 11.7. The summed E-state index contributed by atoms with van der Waals surface area (Å²) in [5.41, 5.74) is 0.684. The fourth-order valence-corrected chi connectivity index (χ4v) is 2.23. The van der Waals surface area contributed by atoms with E-state index in [1.807, 2.05) is 0 Å². The van der Waals surface area contributed by atoms with E-state index in [1.54, 1.807) is 19.1 Å². The summed E-state index contributed by atoms with van der Waals surface area (Å²) in [6.45, 7) is 2.74. The number of carboxylic acid groups (broad SMARTS) is 1. The van der Waals surface area contributed by atoms with E-state index in [4.69, 9.17) is 14.6 Å². The molecule has 2 rings (SSSR count). The summed E-state index contributed by atoms with van der Waals surface area (Å²) in [6.07, 6.45) is 2.07. The number of benzene rings is 1. The second-order valence-electron chi connectivity index (χ2n) is 4.96. The van der Waals surface area contributed by atoms with Crippen molar-refractivity contribution >= 4 is 11.9 Å². The molecule has 1 fully saturated rings. The molecule has 6 nitrogen and oxygen atoms in total. The van der Waals surface area contributed by atoms with Gasteiger partial charge in [-0.2, -0.15) is 0 Å². The van der Waals surface area contributed by atoms with Crippen LogP contribution in [0.15, 0.2) is 18.2 Å². The molecule has 1 heterocycles. The molecular formula is C15H19NO5. The van der Waals surface area contributed by atoms with Crippen LogP contribution in [-0.2, 0) is 9.53 Å². The van der Waals surface area contributed by atoms with E-state index >= 15 is 0 Å². The molecule has 2 N–H and O–H groups in total. The second kappa shape index (κ2) is 7.08. The summed E-state index contributed by atoms with van der Waals surface area (Å²) in [4.78, 5) is 22.7. The molecule has 1 aromatic rings. The van der Waals surface area contributed by atoms with Gasteiger partial charge in [-0.05, 0) is 31.9 Å². The molecule has 0 bridgehead atoms. The summed E-state index contributed by atoms with van der Waals surface area (Å²) >= 11 is 0. The monoisotopic (exact) mass is 293 g/mol. The molecule has 1 aliphatic heterocycles. The van der Waals surface area contributed by atoms with E-state index in [9.17, 15) is 9.59 Å². The average Bonchev–Trinajstić information content (AvgIpc) is 2.97. The number of aromatic carboxylic acids is 1. The van der Waals surface area contributed by atoms with E-state index in [0.717, 1.165) is 19.4 Å². The molecule has 1 saturated heterocycles. The van der Waals surface area contributed by atoms with Crippen molar-refractivity contribution in [1.82, 2.24) is 5.32 Å². The number of nitrogens with one attached hydrogen (secondary N) is 1. The number of ether oxygens (including phenoxy) is 2. The fourth-order valence-electron chi connectivity index (χ4n) is 2.23. The third kappa shape index (κ3) is 4.19. The number of rotatable bonds is 6. The van der Waals surface area contributed by atoms with Crippen molar-refractivity contribution in [3.8, 4) is 5.75 Å². The summed E-state index contributed by atoms with van der Waals surface area (Å²) in [6, 6.07) is 4.74. The van der Waals surface area contributed by atoms with Crippen LogP contribution in [0.4, 0.5) is 0 Å². The van der Waals surface area contributed by atoms with Crippen LogP contribution in [0.1, 0.15) is 28.8 Å². The topological polar surface area (TPSA) is 84.9 Å². The number of hydrogen-bond acceptors (Lipinski definition) is 4. The molecule has 1 atom stereocenters. The molecule has 1 unspecified atom stereocenters. The fraction of sp³-hybridized carbons (Fsp3) is 0.467. The molecule has 114 valence electrons. The van der Waals surface area contributed by atoms with Crippen LogP contribution >= 0.6 is 0 Å². The maximum Gasteiger partial charge on any atom is 0.336 e. The Balaban J connectivity index is 1.83. The lowest BCUT2D eigenvalue weighted by Gasteiger charge is -2.13. The van der Waals surface area contributed by atoms with Crippen LogP contribution in [0.2, 0.25) is 0 Å². The summed E-state index contributed by atoms with van der Waals surface area (Å²) in [5, 5.41) is 11.8. The van der Waals surface area contributed by atoms with Gasteiger partial charge in [0.05, 0.1) is 11.7 Å². The Morgan fingerprint density at radius 2 is 2.29 bits per heavy atom. The van der Waals surface area contributed by atoms with Gasteiger partial charge in [0.15, 0.2) is 6.61 Å². The van der Waals surface area contributed by atoms with Gasteiger partial charge in [0.25, 0.3) is 5.91 Å². The third-order valence-electron chi connectivity index (χ3n) is 3.42. The van der Waals surface area contributed by atoms with Crippen LogP contribution in [0.5, 0.6) is 5.75 Å². The predicted octanol–water partition coefficient (Wildman–Crippen LogP) is 1.37. The minimum atomic E-state index is -1.01. The van der Waals surface area contributed by atoms with Crippen LogP contribution in [0.25, 0.3) is 0 Å². The Kier molecular flexibility index (Phi) is 5.16. The van der Waals surface area contributed by atoms with Gasteiger partial charge in [0.2, 0.25) is 0 Å². The first-order valence-electron chi connectivity index (χ1n) is 6.92. The standard InChI is InChI=1S/C15H19NO5/c1-10-12(15(18)19)5-2-6-13(10)21-9-14(17)16-8-11-4-3-7-20-11/h2,5-6,11H,3-4,7-9H2,1H3,(H,16,17)(H,18,19). The molecule has 1 aromatic carbocycles. The van der Waals surface area contributed by atoms with E-state index < -0.39 is 5.97 Å². The Morgan fingerprint density at radius 3 is 2.95 bits per heavy atom. The molecule has 1 amide bonds. The third-order valence-corrected chi connectivity index (χ3v) is 3.42. The second-order valence-corrected chi connectivity index (χ2v) is 4.96. The summed E-state index contributed by atoms with van der Waals surface area (Å²) < 4.78 is 10.8. The van der Waals surface area contributed by atoms with Crippen molar-refractivity contribution in [2.24, 2.45) is 0 Å². The molecule has 0 spiro atoms. The van der Waals surface area contributed by atoms with Crippen molar-refractivity contribution in [2.75, 3.05) is 19.8 Å². The predicted molar refractivity (Wildman–Crippen MR) is 75.6 cm³/mol. The number of carboxylic acids is 1. The SMILES string of the molecule is Cc1c(OCC(=O)NCC2CCCO2)cccc1C(=O)O. The maximum atomic E-state index is 11.7. The lowest BCUT2D eigenvalue weighted by atomic mass is 10.1. The van der Waals surface area contributed by atoms with Gasteiger partial charge in [-0.1, -0.05) is 6.07 Å². The molecule has 0 aromatic heterocycles. The Hall–Kier alpha value is -2.08. The normalized spacial score (nSPS) is 17.5. The Morgan fingerprint density at radius 1 is 1.48 bits per heavy atom. The zero-order valence-corrected chi connectivity index (χ0v) is 11.9. The molecule has 0 saturated carbocycles. The van der Waals surface area contributed by atoms with Gasteiger partial charge < -0.3 is 19.9 Å². The number of amides is 1. The van der Waals surface area contributed by atoms with Crippen molar-refractivity contribution in [3.63, 3.8) is 0 Å². The van der Waals surface area contributed by atoms with Crippen molar-refractivity contribution in [1.29, 1.82) is 0 Å².